The van der Waals surface area contributed by atoms with E-state index in [1.54, 1.807) is 0 Å². The number of carbonyl (C=O) groups is 1. The lowest BCUT2D eigenvalue weighted by atomic mass is 10.1. The molecule has 0 spiro atoms. The summed E-state index contributed by atoms with van der Waals surface area (Å²) in [6, 6.07) is 6.04. The van der Waals surface area contributed by atoms with Crippen molar-refractivity contribution in [2.75, 3.05) is 5.32 Å². The molecule has 3 aromatic rings. The van der Waals surface area contributed by atoms with E-state index >= 15 is 0 Å². The summed E-state index contributed by atoms with van der Waals surface area (Å²) in [5.74, 6) is 1.45. The van der Waals surface area contributed by atoms with Gasteiger partial charge >= 0.3 is 0 Å². The van der Waals surface area contributed by atoms with E-state index in [2.05, 4.69) is 20.5 Å². The van der Waals surface area contributed by atoms with Gasteiger partial charge in [0.1, 0.15) is 12.4 Å². The van der Waals surface area contributed by atoms with Crippen molar-refractivity contribution in [3.05, 3.63) is 46.2 Å². The van der Waals surface area contributed by atoms with Gasteiger partial charge in [-0.2, -0.15) is 0 Å². The van der Waals surface area contributed by atoms with Gasteiger partial charge in [0, 0.05) is 12.4 Å². The molecule has 0 aliphatic heterocycles. The Labute approximate surface area is 172 Å². The average Bonchev–Trinajstić information content (AvgIpc) is 3.21. The Morgan fingerprint density at radius 3 is 2.64 bits per heavy atom. The predicted molar refractivity (Wildman–Crippen MR) is 112 cm³/mol. The third kappa shape index (κ3) is 4.71. The number of nitrogens with one attached hydrogen (secondary N) is 1. The number of aryl methyl sites for hydroxylation is 3. The van der Waals surface area contributed by atoms with Gasteiger partial charge in [-0.15, -0.1) is 21.5 Å². The van der Waals surface area contributed by atoms with Gasteiger partial charge in [0.05, 0.1) is 10.9 Å². The zero-order valence-corrected chi connectivity index (χ0v) is 18.1. The summed E-state index contributed by atoms with van der Waals surface area (Å²) in [6.45, 7) is 8.08. The van der Waals surface area contributed by atoms with Crippen LogP contribution in [0.15, 0.2) is 28.7 Å². The van der Waals surface area contributed by atoms with Gasteiger partial charge in [-0.1, -0.05) is 30.0 Å². The first kappa shape index (κ1) is 20.3. The Bertz CT molecular complexity index is 962. The Morgan fingerprint density at radius 2 is 2.00 bits per heavy atom. The molecule has 0 aliphatic carbocycles. The first-order valence-electron chi connectivity index (χ1n) is 8.82. The summed E-state index contributed by atoms with van der Waals surface area (Å²) in [5.41, 5.74) is 3.06. The number of rotatable bonds is 7. The molecular weight excluding hydrogens is 394 g/mol. The van der Waals surface area contributed by atoms with Gasteiger partial charge < -0.3 is 14.6 Å². The molecule has 0 radical (unpaired) electrons. The maximum atomic E-state index is 12.4. The fourth-order valence-electron chi connectivity index (χ4n) is 2.57. The molecular formula is C19H23N5O2S2. The molecule has 0 aliphatic rings. The van der Waals surface area contributed by atoms with E-state index in [4.69, 9.17) is 4.74 Å². The van der Waals surface area contributed by atoms with Crippen LogP contribution >= 0.6 is 23.1 Å². The molecule has 1 atom stereocenters. The smallest absolute Gasteiger partial charge is 0.239 e. The maximum absolute atomic E-state index is 12.4. The highest BCUT2D eigenvalue weighted by molar-refractivity contribution is 8.00. The molecule has 2 heterocycles. The third-order valence-electron chi connectivity index (χ3n) is 4.18. The second-order valence-electron chi connectivity index (χ2n) is 6.51. The minimum Gasteiger partial charge on any atom is -0.485 e. The quantitative estimate of drug-likeness (QED) is 0.587. The van der Waals surface area contributed by atoms with Crippen molar-refractivity contribution in [3.63, 3.8) is 0 Å². The molecule has 1 aromatic carbocycles. The lowest BCUT2D eigenvalue weighted by Crippen LogP contribution is -2.22. The zero-order valence-electron chi connectivity index (χ0n) is 16.5. The van der Waals surface area contributed by atoms with Gasteiger partial charge in [0.15, 0.2) is 16.1 Å². The summed E-state index contributed by atoms with van der Waals surface area (Å²) in [7, 11) is 1.88. The van der Waals surface area contributed by atoms with E-state index in [0.29, 0.717) is 22.7 Å². The van der Waals surface area contributed by atoms with Crippen LogP contribution in [0.1, 0.15) is 29.6 Å². The van der Waals surface area contributed by atoms with Gasteiger partial charge in [0.25, 0.3) is 0 Å². The summed E-state index contributed by atoms with van der Waals surface area (Å²) < 4.78 is 7.82. The predicted octanol–water partition coefficient (Wildman–Crippen LogP) is 3.90. The molecule has 9 heteroatoms. The van der Waals surface area contributed by atoms with Crippen molar-refractivity contribution in [1.29, 1.82) is 0 Å². The number of carbonyl (C=O) groups excluding carboxylic acids is 1. The number of hydrogen-bond acceptors (Lipinski definition) is 7. The van der Waals surface area contributed by atoms with Crippen molar-refractivity contribution in [3.8, 4) is 5.75 Å². The molecule has 0 saturated carbocycles. The number of anilines is 1. The van der Waals surface area contributed by atoms with E-state index in [-0.39, 0.29) is 11.2 Å². The number of hydrogen-bond donors (Lipinski definition) is 1. The van der Waals surface area contributed by atoms with E-state index in [1.165, 1.54) is 23.1 Å². The molecule has 148 valence electrons. The molecule has 7 nitrogen and oxygen atoms in total. The number of ether oxygens (including phenoxy) is 1. The Morgan fingerprint density at radius 1 is 1.29 bits per heavy atom. The van der Waals surface area contributed by atoms with Crippen LogP contribution in [-0.2, 0) is 18.4 Å². The minimum atomic E-state index is -0.334. The molecule has 0 unspecified atom stereocenters. The van der Waals surface area contributed by atoms with Crippen LogP contribution in [0.25, 0.3) is 0 Å². The fourth-order valence-corrected chi connectivity index (χ4v) is 4.09. The van der Waals surface area contributed by atoms with Crippen LogP contribution in [-0.4, -0.2) is 30.9 Å². The summed E-state index contributed by atoms with van der Waals surface area (Å²) in [4.78, 5) is 16.6. The fraction of sp³-hybridized carbons (Fsp3) is 0.368. The lowest BCUT2D eigenvalue weighted by Gasteiger charge is -2.12. The monoisotopic (exact) mass is 417 g/mol. The number of aromatic nitrogens is 4. The molecule has 0 bridgehead atoms. The molecule has 1 amide bonds. The van der Waals surface area contributed by atoms with Gasteiger partial charge in [-0.3, -0.25) is 4.79 Å². The largest absolute Gasteiger partial charge is 0.485 e. The molecule has 28 heavy (non-hydrogen) atoms. The van der Waals surface area contributed by atoms with E-state index in [0.717, 1.165) is 22.6 Å². The van der Waals surface area contributed by atoms with Gasteiger partial charge in [0.2, 0.25) is 5.91 Å². The Hall–Kier alpha value is -2.39. The van der Waals surface area contributed by atoms with Gasteiger partial charge in [-0.25, -0.2) is 4.98 Å². The highest BCUT2D eigenvalue weighted by Crippen LogP contribution is 2.26. The van der Waals surface area contributed by atoms with E-state index in [9.17, 15) is 4.79 Å². The number of thiazole rings is 1. The second-order valence-corrected chi connectivity index (χ2v) is 8.68. The van der Waals surface area contributed by atoms with Crippen LogP contribution < -0.4 is 10.1 Å². The van der Waals surface area contributed by atoms with Crippen molar-refractivity contribution < 1.29 is 9.53 Å². The number of benzene rings is 1. The topological polar surface area (TPSA) is 81.9 Å². The number of nitrogens with zero attached hydrogens (tertiary/aromatic N) is 4. The van der Waals surface area contributed by atoms with Crippen molar-refractivity contribution >= 4 is 34.1 Å². The minimum absolute atomic E-state index is 0.115. The first-order chi connectivity index (χ1) is 13.3. The number of amides is 1. The zero-order chi connectivity index (χ0) is 20.3. The molecule has 0 saturated heterocycles. The molecule has 3 rings (SSSR count). The van der Waals surface area contributed by atoms with Crippen LogP contribution in [0.2, 0.25) is 0 Å². The summed E-state index contributed by atoms with van der Waals surface area (Å²) >= 11 is 2.77. The highest BCUT2D eigenvalue weighted by atomic mass is 32.2. The Balaban J connectivity index is 1.61. The third-order valence-corrected chi connectivity index (χ3v) is 6.19. The van der Waals surface area contributed by atoms with Crippen LogP contribution in [0.3, 0.4) is 0 Å². The van der Waals surface area contributed by atoms with E-state index in [1.807, 2.05) is 62.9 Å². The SMILES string of the molecule is Cc1csc(NC(=O)[C@H](C)Sc2nnc(COc3c(C)cccc3C)n2C)n1. The second kappa shape index (κ2) is 8.74. The number of thioether (sulfide) groups is 1. The standard InChI is InChI=1S/C19H23N5O2S2/c1-11-7-6-8-12(2)16(11)26-9-15-22-23-19(24(15)5)28-14(4)17(25)21-18-20-13(3)10-27-18/h6-8,10,14H,9H2,1-5H3,(H,20,21,25)/t14-/m0/s1. The molecule has 0 fully saturated rings. The highest BCUT2D eigenvalue weighted by Gasteiger charge is 2.20. The maximum Gasteiger partial charge on any atom is 0.239 e. The van der Waals surface area contributed by atoms with Crippen LogP contribution in [0.5, 0.6) is 5.75 Å². The van der Waals surface area contributed by atoms with Crippen LogP contribution in [0, 0.1) is 20.8 Å². The Kier molecular flexibility index (Phi) is 6.35. The summed E-state index contributed by atoms with van der Waals surface area (Å²) in [6.07, 6.45) is 0. The average molecular weight is 418 g/mol. The normalized spacial score (nSPS) is 12.0. The summed E-state index contributed by atoms with van der Waals surface area (Å²) in [5, 5.41) is 14.1. The molecule has 2 aromatic heterocycles. The van der Waals surface area contributed by atoms with Crippen molar-refractivity contribution in [1.82, 2.24) is 19.7 Å². The number of para-hydroxylation sites is 1. The van der Waals surface area contributed by atoms with Gasteiger partial charge in [-0.05, 0) is 38.8 Å². The van der Waals surface area contributed by atoms with E-state index < -0.39 is 0 Å². The van der Waals surface area contributed by atoms with Crippen LogP contribution in [0.4, 0.5) is 5.13 Å². The first-order valence-corrected chi connectivity index (χ1v) is 10.6. The molecule has 1 N–H and O–H groups in total. The lowest BCUT2D eigenvalue weighted by molar-refractivity contribution is -0.115. The van der Waals surface area contributed by atoms with Crippen molar-refractivity contribution in [2.45, 2.75) is 44.7 Å². The van der Waals surface area contributed by atoms with Crippen molar-refractivity contribution in [2.24, 2.45) is 7.05 Å².